The Labute approximate surface area is 166 Å². The van der Waals surface area contributed by atoms with E-state index in [0.29, 0.717) is 0 Å². The van der Waals surface area contributed by atoms with Crippen LogP contribution in [0.25, 0.3) is 0 Å². The smallest absolute Gasteiger partial charge is 0.340 e. The topological polar surface area (TPSA) is 181 Å². The fraction of sp³-hybridized carbons (Fsp3) is 0.765. The molecule has 0 aromatic carbocycles. The summed E-state index contributed by atoms with van der Waals surface area (Å²) in [5.41, 5.74) is -3.59. The van der Waals surface area contributed by atoms with Gasteiger partial charge in [0.25, 0.3) is 0 Å². The van der Waals surface area contributed by atoms with E-state index in [1.165, 1.54) is 6.92 Å². The molecule has 1 heterocycles. The molecule has 1 saturated carbocycles. The number of carbonyl (C=O) groups is 2. The van der Waals surface area contributed by atoms with Crippen LogP contribution < -0.4 is 0 Å². The Bertz CT molecular complexity index is 634. The number of rotatable bonds is 8. The Morgan fingerprint density at radius 2 is 1.86 bits per heavy atom. The molecule has 0 radical (unpaired) electrons. The highest BCUT2D eigenvalue weighted by Gasteiger charge is 2.64. The molecule has 2 rings (SSSR count). The molecular weight excluding hydrogens is 396 g/mol. The zero-order valence-electron chi connectivity index (χ0n) is 16.1. The van der Waals surface area contributed by atoms with Crippen LogP contribution in [0.3, 0.4) is 0 Å². The van der Waals surface area contributed by atoms with Crippen LogP contribution >= 0.6 is 0 Å². The third kappa shape index (κ3) is 4.53. The number of fused-ring (bicyclic) bond motifs is 1. The third-order valence-corrected chi connectivity index (χ3v) is 5.03. The number of aliphatic hydroxyl groups excluding tert-OH is 3. The van der Waals surface area contributed by atoms with Gasteiger partial charge in [-0.2, -0.15) is 0 Å². The lowest BCUT2D eigenvalue weighted by atomic mass is 9.81. The summed E-state index contributed by atoms with van der Waals surface area (Å²) in [5.74, 6) is -3.45. The van der Waals surface area contributed by atoms with E-state index in [2.05, 4.69) is 9.47 Å². The number of ether oxygens (including phenoxy) is 5. The molecule has 1 aliphatic carbocycles. The maximum absolute atomic E-state index is 11.8. The van der Waals surface area contributed by atoms with Gasteiger partial charge in [-0.05, 0) is 13.0 Å². The van der Waals surface area contributed by atoms with Crippen molar-refractivity contribution in [2.75, 3.05) is 20.8 Å². The molecule has 2 aliphatic rings. The van der Waals surface area contributed by atoms with Crippen LogP contribution in [0.4, 0.5) is 0 Å². The number of aliphatic hydroxyl groups is 5. The van der Waals surface area contributed by atoms with Crippen molar-refractivity contribution in [1.29, 1.82) is 0 Å². The van der Waals surface area contributed by atoms with E-state index in [-0.39, 0.29) is 6.42 Å². The Morgan fingerprint density at radius 1 is 1.24 bits per heavy atom. The highest BCUT2D eigenvalue weighted by atomic mass is 16.8. The molecule has 0 spiro atoms. The molecule has 166 valence electrons. The summed E-state index contributed by atoms with van der Waals surface area (Å²) in [5, 5.41) is 51.1. The lowest BCUT2D eigenvalue weighted by molar-refractivity contribution is -0.311. The minimum Gasteiger partial charge on any atom is -0.472 e. The summed E-state index contributed by atoms with van der Waals surface area (Å²) < 4.78 is 24.8. The average Bonchev–Trinajstić information content (AvgIpc) is 2.87. The Morgan fingerprint density at radius 3 is 2.41 bits per heavy atom. The number of carbonyl (C=O) groups excluding carboxylic acids is 2. The molecule has 12 heteroatoms. The number of hydrogen-bond acceptors (Lipinski definition) is 12. The quantitative estimate of drug-likeness (QED) is 0.200. The van der Waals surface area contributed by atoms with Crippen LogP contribution in [0.5, 0.6) is 0 Å². The predicted octanol–water partition coefficient (Wildman–Crippen LogP) is -2.85. The summed E-state index contributed by atoms with van der Waals surface area (Å²) in [6, 6.07) is 0. The molecule has 29 heavy (non-hydrogen) atoms. The van der Waals surface area contributed by atoms with Gasteiger partial charge in [0.2, 0.25) is 12.4 Å². The molecule has 8 atom stereocenters. The van der Waals surface area contributed by atoms with Gasteiger partial charge in [0.15, 0.2) is 12.4 Å². The Kier molecular flexibility index (Phi) is 7.22. The highest BCUT2D eigenvalue weighted by Crippen LogP contribution is 2.49. The molecular formula is C17H26O12. The van der Waals surface area contributed by atoms with Gasteiger partial charge < -0.3 is 49.2 Å². The van der Waals surface area contributed by atoms with Crippen LogP contribution in [0, 0.1) is 5.92 Å². The number of hydrogen-bond donors (Lipinski definition) is 5. The summed E-state index contributed by atoms with van der Waals surface area (Å²) >= 11 is 0. The zero-order valence-corrected chi connectivity index (χ0v) is 16.1. The number of methoxy groups -OCH3 is 2. The summed E-state index contributed by atoms with van der Waals surface area (Å²) in [7, 11) is 2.02. The second kappa shape index (κ2) is 8.92. The van der Waals surface area contributed by atoms with Gasteiger partial charge in [-0.15, -0.1) is 0 Å². The second-order valence-electron chi connectivity index (χ2n) is 7.05. The summed E-state index contributed by atoms with van der Waals surface area (Å²) in [6.07, 6.45) is -6.54. The largest absolute Gasteiger partial charge is 0.472 e. The Balaban J connectivity index is 2.31. The minimum atomic E-state index is -2.09. The van der Waals surface area contributed by atoms with Gasteiger partial charge >= 0.3 is 11.9 Å². The monoisotopic (exact) mass is 422 g/mol. The zero-order chi connectivity index (χ0) is 22.0. The fourth-order valence-corrected chi connectivity index (χ4v) is 3.54. The first-order valence-corrected chi connectivity index (χ1v) is 8.73. The second-order valence-corrected chi connectivity index (χ2v) is 7.05. The van der Waals surface area contributed by atoms with E-state index in [0.717, 1.165) is 26.6 Å². The normalized spacial score (nSPS) is 36.5. The molecule has 1 aliphatic heterocycles. The van der Waals surface area contributed by atoms with Crippen LogP contribution in [-0.2, 0) is 33.3 Å². The maximum atomic E-state index is 11.8. The molecule has 1 fully saturated rings. The summed E-state index contributed by atoms with van der Waals surface area (Å²) in [6.45, 7) is 0.477. The van der Waals surface area contributed by atoms with Gasteiger partial charge in [-0.1, -0.05) is 0 Å². The van der Waals surface area contributed by atoms with E-state index in [1.807, 2.05) is 0 Å². The van der Waals surface area contributed by atoms with Crippen molar-refractivity contribution >= 4 is 11.9 Å². The minimum absolute atomic E-state index is 0.214. The van der Waals surface area contributed by atoms with Gasteiger partial charge in [0.05, 0.1) is 44.7 Å². The van der Waals surface area contributed by atoms with Crippen LogP contribution in [-0.4, -0.2) is 100 Å². The van der Waals surface area contributed by atoms with Crippen LogP contribution in [0.1, 0.15) is 13.3 Å². The molecule has 0 aromatic heterocycles. The fourth-order valence-electron chi connectivity index (χ4n) is 3.54. The first-order chi connectivity index (χ1) is 13.5. The first-order valence-electron chi connectivity index (χ1n) is 8.73. The Hall–Kier alpha value is -1.80. The first kappa shape index (κ1) is 23.5. The van der Waals surface area contributed by atoms with Crippen molar-refractivity contribution < 1.29 is 58.8 Å². The van der Waals surface area contributed by atoms with E-state index in [9.17, 15) is 35.1 Å². The summed E-state index contributed by atoms with van der Waals surface area (Å²) in [4.78, 5) is 23.5. The van der Waals surface area contributed by atoms with E-state index in [1.54, 1.807) is 0 Å². The lowest BCUT2D eigenvalue weighted by Crippen LogP contribution is -2.56. The van der Waals surface area contributed by atoms with Crippen molar-refractivity contribution in [3.05, 3.63) is 12.3 Å². The average molecular weight is 422 g/mol. The molecule has 0 amide bonds. The standard InChI is InChI=1S/C17H26O12/c1-16(23)6-9(19)17(24)4-5-27-15(11(16)17)29-14(10(20)13(22)26-3)28-8(7-18)12(21)25-2/h4-5,8-11,14-15,18-20,23-24H,6-7H2,1-3H3. The highest BCUT2D eigenvalue weighted by molar-refractivity contribution is 5.76. The SMILES string of the molecule is COC(=O)C(CO)OC(OC1OC=CC2(O)C(O)CC(C)(O)C12)C(O)C(=O)OC. The molecule has 5 N–H and O–H groups in total. The predicted molar refractivity (Wildman–Crippen MR) is 90.6 cm³/mol. The van der Waals surface area contributed by atoms with Crippen molar-refractivity contribution in [3.63, 3.8) is 0 Å². The van der Waals surface area contributed by atoms with Crippen molar-refractivity contribution in [2.45, 2.75) is 55.4 Å². The molecule has 0 aromatic rings. The molecule has 0 saturated heterocycles. The van der Waals surface area contributed by atoms with Crippen molar-refractivity contribution in [1.82, 2.24) is 0 Å². The maximum Gasteiger partial charge on any atom is 0.340 e. The molecule has 8 unspecified atom stereocenters. The molecule has 0 bridgehead atoms. The molecule has 12 nitrogen and oxygen atoms in total. The van der Waals surface area contributed by atoms with Gasteiger partial charge in [-0.3, -0.25) is 0 Å². The van der Waals surface area contributed by atoms with Crippen LogP contribution in [0.15, 0.2) is 12.3 Å². The van der Waals surface area contributed by atoms with Gasteiger partial charge in [-0.25, -0.2) is 9.59 Å². The lowest BCUT2D eigenvalue weighted by Gasteiger charge is -2.42. The van der Waals surface area contributed by atoms with Gasteiger partial charge in [0.1, 0.15) is 5.60 Å². The van der Waals surface area contributed by atoms with Crippen molar-refractivity contribution in [3.8, 4) is 0 Å². The van der Waals surface area contributed by atoms with E-state index in [4.69, 9.17) is 14.2 Å². The number of esters is 2. The van der Waals surface area contributed by atoms with Gasteiger partial charge in [0, 0.05) is 6.42 Å². The third-order valence-electron chi connectivity index (χ3n) is 5.03. The van der Waals surface area contributed by atoms with E-state index < -0.39 is 66.6 Å². The van der Waals surface area contributed by atoms with E-state index >= 15 is 0 Å². The van der Waals surface area contributed by atoms with Crippen molar-refractivity contribution in [2.24, 2.45) is 5.92 Å². The van der Waals surface area contributed by atoms with Crippen LogP contribution in [0.2, 0.25) is 0 Å².